The highest BCUT2D eigenvalue weighted by Gasteiger charge is 2.12. The van der Waals surface area contributed by atoms with Crippen molar-refractivity contribution in [1.82, 2.24) is 5.32 Å². The van der Waals surface area contributed by atoms with Gasteiger partial charge in [0.2, 0.25) is 0 Å². The lowest BCUT2D eigenvalue weighted by Gasteiger charge is -2.18. The van der Waals surface area contributed by atoms with Gasteiger partial charge in [-0.15, -0.1) is 11.3 Å². The van der Waals surface area contributed by atoms with Crippen LogP contribution in [0.3, 0.4) is 0 Å². The van der Waals surface area contributed by atoms with Crippen LogP contribution < -0.4 is 5.32 Å². The highest BCUT2D eigenvalue weighted by atomic mass is 32.1. The maximum atomic E-state index is 5.66. The average Bonchev–Trinajstić information content (AvgIpc) is 2.59. The molecule has 86 valence electrons. The highest BCUT2D eigenvalue weighted by Crippen LogP contribution is 2.20. The zero-order valence-electron chi connectivity index (χ0n) is 10.0. The van der Waals surface area contributed by atoms with Crippen LogP contribution in [0.4, 0.5) is 0 Å². The van der Waals surface area contributed by atoms with Gasteiger partial charge in [-0.05, 0) is 44.3 Å². The Morgan fingerprint density at radius 2 is 2.20 bits per heavy atom. The lowest BCUT2D eigenvalue weighted by atomic mass is 10.1. The molecule has 0 aliphatic heterocycles. The molecule has 0 aromatic carbocycles. The van der Waals surface area contributed by atoms with Gasteiger partial charge < -0.3 is 10.1 Å². The number of likely N-dealkylation sites (N-methyl/N-ethyl adjacent to an activating group) is 1. The molecule has 1 atom stereocenters. The number of hydrogen-bond acceptors (Lipinski definition) is 3. The molecule has 0 fully saturated rings. The highest BCUT2D eigenvalue weighted by molar-refractivity contribution is 7.10. The van der Waals surface area contributed by atoms with Crippen molar-refractivity contribution in [3.8, 4) is 0 Å². The Hall–Kier alpha value is -0.380. The van der Waals surface area contributed by atoms with E-state index in [1.54, 1.807) is 11.3 Å². The fraction of sp³-hybridized carbons (Fsp3) is 0.667. The van der Waals surface area contributed by atoms with Gasteiger partial charge in [-0.1, -0.05) is 6.92 Å². The van der Waals surface area contributed by atoms with Crippen LogP contribution in [0.1, 0.15) is 37.3 Å². The Bertz CT molecular complexity index is 283. The van der Waals surface area contributed by atoms with Crippen LogP contribution in [0.5, 0.6) is 0 Å². The second kappa shape index (κ2) is 6.26. The minimum atomic E-state index is 0.297. The summed E-state index contributed by atoms with van der Waals surface area (Å²) in [6.07, 6.45) is 0.297. The summed E-state index contributed by atoms with van der Waals surface area (Å²) < 4.78 is 5.66. The van der Waals surface area contributed by atoms with Crippen LogP contribution in [0, 0.1) is 6.92 Å². The molecule has 0 radical (unpaired) electrons. The molecule has 1 aromatic rings. The zero-order valence-corrected chi connectivity index (χ0v) is 10.9. The van der Waals surface area contributed by atoms with Crippen molar-refractivity contribution < 1.29 is 4.74 Å². The molecule has 0 aliphatic carbocycles. The van der Waals surface area contributed by atoms with Crippen molar-refractivity contribution in [2.75, 3.05) is 13.2 Å². The Morgan fingerprint density at radius 3 is 2.67 bits per heavy atom. The normalized spacial score (nSPS) is 13.4. The Labute approximate surface area is 96.7 Å². The SMILES string of the molecule is CCNC(COC(C)C)c1csc(C)c1. The maximum Gasteiger partial charge on any atom is 0.0665 e. The summed E-state index contributed by atoms with van der Waals surface area (Å²) >= 11 is 1.80. The minimum absolute atomic E-state index is 0.297. The summed E-state index contributed by atoms with van der Waals surface area (Å²) in [6, 6.07) is 2.57. The van der Waals surface area contributed by atoms with Gasteiger partial charge in [-0.25, -0.2) is 0 Å². The molecule has 1 unspecified atom stereocenters. The number of ether oxygens (including phenoxy) is 1. The van der Waals surface area contributed by atoms with E-state index in [9.17, 15) is 0 Å². The van der Waals surface area contributed by atoms with Gasteiger partial charge in [0.05, 0.1) is 18.8 Å². The van der Waals surface area contributed by atoms with E-state index in [0.717, 1.165) is 13.2 Å². The van der Waals surface area contributed by atoms with Gasteiger partial charge in [0.15, 0.2) is 0 Å². The molecule has 1 rings (SSSR count). The van der Waals surface area contributed by atoms with Crippen LogP contribution >= 0.6 is 11.3 Å². The predicted molar refractivity (Wildman–Crippen MR) is 66.6 cm³/mol. The van der Waals surface area contributed by atoms with Gasteiger partial charge in [0, 0.05) is 4.88 Å². The Morgan fingerprint density at radius 1 is 1.47 bits per heavy atom. The molecule has 3 heteroatoms. The van der Waals surface area contributed by atoms with Crippen molar-refractivity contribution in [3.05, 3.63) is 21.9 Å². The van der Waals surface area contributed by atoms with Crippen molar-refractivity contribution in [2.45, 2.75) is 39.8 Å². The maximum absolute atomic E-state index is 5.66. The molecule has 1 aromatic heterocycles. The number of rotatable bonds is 6. The molecule has 2 nitrogen and oxygen atoms in total. The van der Waals surface area contributed by atoms with Gasteiger partial charge in [0.1, 0.15) is 0 Å². The molecule has 0 spiro atoms. The summed E-state index contributed by atoms with van der Waals surface area (Å²) in [4.78, 5) is 1.36. The number of aryl methyl sites for hydroxylation is 1. The lowest BCUT2D eigenvalue weighted by Crippen LogP contribution is -2.26. The number of hydrogen-bond donors (Lipinski definition) is 1. The summed E-state index contributed by atoms with van der Waals surface area (Å²) in [5, 5.41) is 5.66. The van der Waals surface area contributed by atoms with Gasteiger partial charge in [0.25, 0.3) is 0 Å². The first-order valence-electron chi connectivity index (χ1n) is 5.53. The fourth-order valence-corrected chi connectivity index (χ4v) is 2.21. The zero-order chi connectivity index (χ0) is 11.3. The first-order valence-corrected chi connectivity index (χ1v) is 6.41. The largest absolute Gasteiger partial charge is 0.377 e. The van der Waals surface area contributed by atoms with Crippen molar-refractivity contribution in [3.63, 3.8) is 0 Å². The van der Waals surface area contributed by atoms with Gasteiger partial charge >= 0.3 is 0 Å². The van der Waals surface area contributed by atoms with E-state index in [2.05, 4.69) is 44.5 Å². The second-order valence-corrected chi connectivity index (χ2v) is 5.10. The van der Waals surface area contributed by atoms with Crippen molar-refractivity contribution in [1.29, 1.82) is 0 Å². The van der Waals surface area contributed by atoms with Crippen LogP contribution in [-0.4, -0.2) is 19.3 Å². The number of nitrogens with one attached hydrogen (secondary N) is 1. The topological polar surface area (TPSA) is 21.3 Å². The molecule has 1 heterocycles. The summed E-state index contributed by atoms with van der Waals surface area (Å²) in [5.41, 5.74) is 1.35. The molecular formula is C12H21NOS. The first-order chi connectivity index (χ1) is 7.13. The molecule has 0 saturated carbocycles. The number of thiophene rings is 1. The fourth-order valence-electron chi connectivity index (χ4n) is 1.45. The van der Waals surface area contributed by atoms with E-state index >= 15 is 0 Å². The second-order valence-electron chi connectivity index (χ2n) is 3.98. The minimum Gasteiger partial charge on any atom is -0.377 e. The predicted octanol–water partition coefficient (Wildman–Crippen LogP) is 3.13. The molecule has 0 bridgehead atoms. The van der Waals surface area contributed by atoms with Crippen LogP contribution in [-0.2, 0) is 4.74 Å². The van der Waals surface area contributed by atoms with E-state index in [4.69, 9.17) is 4.74 Å². The standard InChI is InChI=1S/C12H21NOS/c1-5-13-12(7-14-9(2)3)11-6-10(4)15-8-11/h6,8-9,12-13H,5,7H2,1-4H3. The van der Waals surface area contributed by atoms with Crippen LogP contribution in [0.15, 0.2) is 11.4 Å². The Kier molecular flexibility index (Phi) is 5.29. The third-order valence-electron chi connectivity index (χ3n) is 2.20. The summed E-state index contributed by atoms with van der Waals surface area (Å²) in [7, 11) is 0. The van der Waals surface area contributed by atoms with E-state index in [-0.39, 0.29) is 0 Å². The third kappa shape index (κ3) is 4.33. The lowest BCUT2D eigenvalue weighted by molar-refractivity contribution is 0.0615. The van der Waals surface area contributed by atoms with Crippen LogP contribution in [0.2, 0.25) is 0 Å². The smallest absolute Gasteiger partial charge is 0.0665 e. The molecule has 15 heavy (non-hydrogen) atoms. The summed E-state index contributed by atoms with van der Waals surface area (Å²) in [5.74, 6) is 0. The molecule has 0 saturated heterocycles. The van der Waals surface area contributed by atoms with Crippen molar-refractivity contribution in [2.24, 2.45) is 0 Å². The summed E-state index contributed by atoms with van der Waals surface area (Å²) in [6.45, 7) is 10.1. The third-order valence-corrected chi connectivity index (χ3v) is 3.08. The molecular weight excluding hydrogens is 206 g/mol. The first kappa shape index (κ1) is 12.7. The van der Waals surface area contributed by atoms with E-state index < -0.39 is 0 Å². The quantitative estimate of drug-likeness (QED) is 0.806. The monoisotopic (exact) mass is 227 g/mol. The van der Waals surface area contributed by atoms with Gasteiger partial charge in [-0.2, -0.15) is 0 Å². The van der Waals surface area contributed by atoms with Crippen LogP contribution in [0.25, 0.3) is 0 Å². The van der Waals surface area contributed by atoms with Crippen molar-refractivity contribution >= 4 is 11.3 Å². The van der Waals surface area contributed by atoms with E-state index in [0.29, 0.717) is 12.1 Å². The molecule has 0 aliphatic rings. The van der Waals surface area contributed by atoms with E-state index in [1.165, 1.54) is 10.4 Å². The van der Waals surface area contributed by atoms with Gasteiger partial charge in [-0.3, -0.25) is 0 Å². The van der Waals surface area contributed by atoms with E-state index in [1.807, 2.05) is 0 Å². The average molecular weight is 227 g/mol. The Balaban J connectivity index is 2.57. The molecule has 1 N–H and O–H groups in total. The molecule has 0 amide bonds.